The van der Waals surface area contributed by atoms with E-state index in [1.165, 1.54) is 17.7 Å². The van der Waals surface area contributed by atoms with Gasteiger partial charge >= 0.3 is 0 Å². The summed E-state index contributed by atoms with van der Waals surface area (Å²) in [4.78, 5) is 0. The van der Waals surface area contributed by atoms with Crippen LogP contribution in [0.15, 0.2) is 36.4 Å². The van der Waals surface area contributed by atoms with Crippen molar-refractivity contribution in [2.45, 2.75) is 6.42 Å². The number of fused-ring (bicyclic) bond motifs is 2. The molecule has 0 spiro atoms. The van der Waals surface area contributed by atoms with Gasteiger partial charge < -0.3 is 9.47 Å². The molecule has 0 fully saturated rings. The van der Waals surface area contributed by atoms with Crippen LogP contribution in [0.4, 0.5) is 10.1 Å². The van der Waals surface area contributed by atoms with E-state index in [2.05, 4.69) is 16.9 Å². The Hall–Kier alpha value is -2.36. The molecule has 0 aliphatic carbocycles. The molecular weight excluding hydrogens is 257 g/mol. The molecule has 2 aromatic rings. The molecule has 0 radical (unpaired) electrons. The molecule has 4 heteroatoms. The van der Waals surface area contributed by atoms with Crippen LogP contribution in [0.2, 0.25) is 0 Å². The number of hydrogen-bond acceptors (Lipinski definition) is 2. The van der Waals surface area contributed by atoms with Crippen LogP contribution in [0.25, 0.3) is 0 Å². The van der Waals surface area contributed by atoms with E-state index < -0.39 is 0 Å². The third-order valence-corrected chi connectivity index (χ3v) is 3.71. The standard InChI is InChI=1S/C16H13FNO2/c17-13-1-3-14(4-2-13)18-6-5-11-7-15-16(20-10-19-15)8-12(11)9-18/h1-4,7-9H,5-6,10H2/q+1. The fourth-order valence-electron chi connectivity index (χ4n) is 2.65. The van der Waals surface area contributed by atoms with E-state index in [-0.39, 0.29) is 5.82 Å². The highest BCUT2D eigenvalue weighted by molar-refractivity contribution is 5.81. The average molecular weight is 270 g/mol. The summed E-state index contributed by atoms with van der Waals surface area (Å²) in [7, 11) is 0. The highest BCUT2D eigenvalue weighted by Crippen LogP contribution is 2.35. The predicted octanol–water partition coefficient (Wildman–Crippen LogP) is 2.87. The van der Waals surface area contributed by atoms with E-state index in [4.69, 9.17) is 9.47 Å². The molecule has 0 unspecified atom stereocenters. The maximum Gasteiger partial charge on any atom is 0.231 e. The van der Waals surface area contributed by atoms with Crippen molar-refractivity contribution >= 4 is 11.9 Å². The van der Waals surface area contributed by atoms with Crippen LogP contribution >= 0.6 is 0 Å². The Labute approximate surface area is 115 Å². The van der Waals surface area contributed by atoms with Gasteiger partial charge in [-0.15, -0.1) is 0 Å². The third kappa shape index (κ3) is 1.84. The second-order valence-electron chi connectivity index (χ2n) is 4.95. The van der Waals surface area contributed by atoms with Gasteiger partial charge in [0.15, 0.2) is 24.3 Å². The van der Waals surface area contributed by atoms with E-state index in [1.807, 2.05) is 6.07 Å². The van der Waals surface area contributed by atoms with Crippen LogP contribution in [0.3, 0.4) is 0 Å². The van der Waals surface area contributed by atoms with Crippen molar-refractivity contribution < 1.29 is 18.4 Å². The molecule has 0 saturated heterocycles. The van der Waals surface area contributed by atoms with Crippen molar-refractivity contribution in [1.82, 2.24) is 0 Å². The molecular formula is C16H13FNO2+. The fraction of sp³-hybridized carbons (Fsp3) is 0.188. The molecule has 0 amide bonds. The molecule has 0 aromatic heterocycles. The zero-order valence-electron chi connectivity index (χ0n) is 10.8. The molecule has 20 heavy (non-hydrogen) atoms. The van der Waals surface area contributed by atoms with Gasteiger partial charge in [-0.2, -0.15) is 4.58 Å². The lowest BCUT2D eigenvalue weighted by Crippen LogP contribution is -2.18. The third-order valence-electron chi connectivity index (χ3n) is 3.71. The van der Waals surface area contributed by atoms with Gasteiger partial charge in [-0.3, -0.25) is 0 Å². The number of rotatable bonds is 1. The van der Waals surface area contributed by atoms with Crippen LogP contribution < -0.4 is 9.47 Å². The first-order valence-corrected chi connectivity index (χ1v) is 6.59. The minimum atomic E-state index is -0.213. The molecule has 0 N–H and O–H groups in total. The Morgan fingerprint density at radius 2 is 1.75 bits per heavy atom. The molecule has 0 bridgehead atoms. The molecule has 2 aliphatic heterocycles. The smallest absolute Gasteiger partial charge is 0.231 e. The lowest BCUT2D eigenvalue weighted by Gasteiger charge is -2.12. The second kappa shape index (κ2) is 4.34. The summed E-state index contributed by atoms with van der Waals surface area (Å²) in [5, 5.41) is 0. The first-order chi connectivity index (χ1) is 9.79. The Balaban J connectivity index is 1.76. The average Bonchev–Trinajstić information content (AvgIpc) is 2.92. The van der Waals surface area contributed by atoms with Gasteiger partial charge in [-0.1, -0.05) is 0 Å². The van der Waals surface area contributed by atoms with Gasteiger partial charge in [0, 0.05) is 24.1 Å². The van der Waals surface area contributed by atoms with E-state index >= 15 is 0 Å². The van der Waals surface area contributed by atoms with E-state index in [0.717, 1.165) is 35.7 Å². The Morgan fingerprint density at radius 3 is 2.55 bits per heavy atom. The normalized spacial score (nSPS) is 15.8. The summed E-state index contributed by atoms with van der Waals surface area (Å²) in [6.45, 7) is 1.16. The first kappa shape index (κ1) is 11.5. The Morgan fingerprint density at radius 1 is 1.00 bits per heavy atom. The minimum Gasteiger partial charge on any atom is -0.454 e. The zero-order chi connectivity index (χ0) is 13.5. The maximum absolute atomic E-state index is 13.0. The first-order valence-electron chi connectivity index (χ1n) is 6.59. The molecule has 3 nitrogen and oxygen atoms in total. The zero-order valence-corrected chi connectivity index (χ0v) is 10.8. The molecule has 0 atom stereocenters. The van der Waals surface area contributed by atoms with E-state index in [1.54, 1.807) is 12.1 Å². The van der Waals surface area contributed by atoms with Gasteiger partial charge in [0.2, 0.25) is 12.5 Å². The summed E-state index contributed by atoms with van der Waals surface area (Å²) in [6.07, 6.45) is 3.01. The number of hydrogen-bond donors (Lipinski definition) is 0. The molecule has 4 rings (SSSR count). The van der Waals surface area contributed by atoms with Crippen LogP contribution in [0.5, 0.6) is 11.5 Å². The Kier molecular flexibility index (Phi) is 2.49. The summed E-state index contributed by atoms with van der Waals surface area (Å²) < 4.78 is 25.9. The largest absolute Gasteiger partial charge is 0.454 e. The number of benzene rings is 2. The van der Waals surface area contributed by atoms with E-state index in [0.29, 0.717) is 6.79 Å². The van der Waals surface area contributed by atoms with Gasteiger partial charge in [0.05, 0.1) is 0 Å². The summed E-state index contributed by atoms with van der Waals surface area (Å²) in [5.41, 5.74) is 3.38. The highest BCUT2D eigenvalue weighted by atomic mass is 19.1. The number of nitrogens with zero attached hydrogens (tertiary/aromatic N) is 1. The van der Waals surface area contributed by atoms with Gasteiger partial charge in [-0.25, -0.2) is 4.39 Å². The van der Waals surface area contributed by atoms with Crippen molar-refractivity contribution in [2.24, 2.45) is 0 Å². The summed E-state index contributed by atoms with van der Waals surface area (Å²) in [6, 6.07) is 10.6. The van der Waals surface area contributed by atoms with Crippen LogP contribution in [0, 0.1) is 5.82 Å². The fourth-order valence-corrected chi connectivity index (χ4v) is 2.65. The van der Waals surface area contributed by atoms with Crippen molar-refractivity contribution in [3.05, 3.63) is 53.3 Å². The number of halogens is 1. The highest BCUT2D eigenvalue weighted by Gasteiger charge is 2.23. The molecule has 2 aromatic carbocycles. The minimum absolute atomic E-state index is 0.213. The van der Waals surface area contributed by atoms with Gasteiger partial charge in [-0.05, 0) is 29.8 Å². The van der Waals surface area contributed by atoms with Crippen molar-refractivity contribution in [1.29, 1.82) is 0 Å². The molecule has 2 heterocycles. The second-order valence-corrected chi connectivity index (χ2v) is 4.95. The summed E-state index contributed by atoms with van der Waals surface area (Å²) >= 11 is 0. The Bertz CT molecular complexity index is 707. The topological polar surface area (TPSA) is 21.5 Å². The van der Waals surface area contributed by atoms with Crippen LogP contribution in [-0.4, -0.2) is 24.1 Å². The van der Waals surface area contributed by atoms with E-state index in [9.17, 15) is 4.39 Å². The van der Waals surface area contributed by atoms with Crippen molar-refractivity contribution in [3.63, 3.8) is 0 Å². The number of ether oxygens (including phenoxy) is 2. The predicted molar refractivity (Wildman–Crippen MR) is 72.6 cm³/mol. The quantitative estimate of drug-likeness (QED) is 0.743. The van der Waals surface area contributed by atoms with Gasteiger partial charge in [0.25, 0.3) is 0 Å². The SMILES string of the molecule is Fc1ccc([N+]2=Cc3cc4c(cc3CC2)OCO4)cc1. The molecule has 0 saturated carbocycles. The maximum atomic E-state index is 13.0. The van der Waals surface area contributed by atoms with Crippen molar-refractivity contribution in [2.75, 3.05) is 13.3 Å². The lowest BCUT2D eigenvalue weighted by atomic mass is 10.0. The monoisotopic (exact) mass is 270 g/mol. The molecule has 2 aliphatic rings. The lowest BCUT2D eigenvalue weighted by molar-refractivity contribution is -0.436. The van der Waals surface area contributed by atoms with Crippen LogP contribution in [-0.2, 0) is 6.42 Å². The van der Waals surface area contributed by atoms with Crippen LogP contribution in [0.1, 0.15) is 11.1 Å². The van der Waals surface area contributed by atoms with Gasteiger partial charge in [0.1, 0.15) is 5.82 Å². The molecule has 100 valence electrons. The summed E-state index contributed by atoms with van der Waals surface area (Å²) in [5.74, 6) is 1.41. The van der Waals surface area contributed by atoms with Crippen molar-refractivity contribution in [3.8, 4) is 11.5 Å².